The molecule has 1 aromatic carbocycles. The molecule has 1 atom stereocenters. The Morgan fingerprint density at radius 3 is 2.62 bits per heavy atom. The number of amides is 2. The van der Waals surface area contributed by atoms with Crippen molar-refractivity contribution in [1.82, 2.24) is 16.0 Å². The van der Waals surface area contributed by atoms with Crippen molar-refractivity contribution in [3.8, 4) is 5.75 Å². The molecule has 0 aromatic heterocycles. The van der Waals surface area contributed by atoms with E-state index in [4.69, 9.17) is 4.65 Å². The molecule has 174 valence electrons. The molecular weight excluding hydrogens is 417 g/mol. The number of carbonyl (C=O) groups excluding carboxylic acids is 2. The number of aromatic carboxylic acids is 1. The van der Waals surface area contributed by atoms with E-state index >= 15 is 0 Å². The van der Waals surface area contributed by atoms with E-state index in [9.17, 15) is 24.5 Å². The van der Waals surface area contributed by atoms with Gasteiger partial charge in [-0.1, -0.05) is 12.1 Å². The van der Waals surface area contributed by atoms with Gasteiger partial charge in [-0.25, -0.2) is 9.59 Å². The predicted octanol–water partition coefficient (Wildman–Crippen LogP) is 0.719. The number of hydrogen-bond donors (Lipinski definition) is 5. The number of alkyl carbamates (subject to hydrolysis) is 1. The van der Waals surface area contributed by atoms with Crippen molar-refractivity contribution >= 4 is 25.1 Å². The lowest BCUT2D eigenvalue weighted by atomic mass is 9.72. The van der Waals surface area contributed by atoms with Crippen LogP contribution in [-0.4, -0.2) is 67.4 Å². The van der Waals surface area contributed by atoms with Gasteiger partial charge < -0.3 is 35.5 Å². The summed E-state index contributed by atoms with van der Waals surface area (Å²) in [5.74, 6) is -1.46. The number of para-hydroxylation sites is 1. The van der Waals surface area contributed by atoms with Crippen LogP contribution < -0.4 is 20.6 Å². The van der Waals surface area contributed by atoms with Crippen LogP contribution in [-0.2, 0) is 16.0 Å². The van der Waals surface area contributed by atoms with Crippen molar-refractivity contribution in [1.29, 1.82) is 0 Å². The van der Waals surface area contributed by atoms with E-state index in [0.29, 0.717) is 37.5 Å². The highest BCUT2D eigenvalue weighted by atomic mass is 16.5. The first-order valence-corrected chi connectivity index (χ1v) is 10.9. The number of benzene rings is 1. The van der Waals surface area contributed by atoms with Crippen LogP contribution in [0.25, 0.3) is 0 Å². The van der Waals surface area contributed by atoms with E-state index in [2.05, 4.69) is 20.7 Å². The molecule has 1 aliphatic carbocycles. The molecule has 11 heteroatoms. The molecule has 2 aliphatic rings. The number of fused-ring (bicyclic) bond motifs is 1. The van der Waals surface area contributed by atoms with Crippen molar-refractivity contribution in [3.05, 3.63) is 29.3 Å². The number of carboxylic acids is 1. The summed E-state index contributed by atoms with van der Waals surface area (Å²) in [5.41, 5.74) is 0.645. The Bertz CT molecular complexity index is 830. The van der Waals surface area contributed by atoms with Gasteiger partial charge in [0.1, 0.15) is 5.75 Å². The lowest BCUT2D eigenvalue weighted by molar-refractivity contribution is -0.122. The van der Waals surface area contributed by atoms with Crippen LogP contribution in [0.1, 0.15) is 48.0 Å². The first-order chi connectivity index (χ1) is 15.4. The fourth-order valence-electron chi connectivity index (χ4n) is 4.33. The summed E-state index contributed by atoms with van der Waals surface area (Å²) in [6, 6.07) is 5.15. The Hall–Kier alpha value is -2.79. The third kappa shape index (κ3) is 6.36. The largest absolute Gasteiger partial charge is 0.547 e. The van der Waals surface area contributed by atoms with E-state index in [1.54, 1.807) is 12.1 Å². The normalized spacial score (nSPS) is 22.3. The van der Waals surface area contributed by atoms with Crippen molar-refractivity contribution in [2.45, 2.75) is 50.5 Å². The highest BCUT2D eigenvalue weighted by molar-refractivity contribution is 6.47. The number of nitrogens with one attached hydrogen (secondary N) is 3. The van der Waals surface area contributed by atoms with Crippen LogP contribution in [0.5, 0.6) is 5.75 Å². The smallest absolute Gasteiger partial charge is 0.534 e. The molecule has 1 fully saturated rings. The van der Waals surface area contributed by atoms with Crippen LogP contribution in [0.2, 0.25) is 0 Å². The summed E-state index contributed by atoms with van der Waals surface area (Å²) < 4.78 is 9.95. The molecule has 10 nitrogen and oxygen atoms in total. The number of carbonyl (C=O) groups is 3. The van der Waals surface area contributed by atoms with Crippen LogP contribution in [0, 0.1) is 5.92 Å². The fraction of sp³-hybridized carbons (Fsp3) is 0.571. The van der Waals surface area contributed by atoms with Gasteiger partial charge in [-0.15, -0.1) is 0 Å². The molecule has 1 unspecified atom stereocenters. The Morgan fingerprint density at radius 1 is 1.19 bits per heavy atom. The number of rotatable bonds is 8. The van der Waals surface area contributed by atoms with Gasteiger partial charge >= 0.3 is 19.2 Å². The minimum absolute atomic E-state index is 0.00206. The minimum Gasteiger partial charge on any atom is -0.534 e. The van der Waals surface area contributed by atoms with Gasteiger partial charge in [-0.2, -0.15) is 0 Å². The number of methoxy groups -OCH3 is 1. The molecule has 0 spiro atoms. The summed E-state index contributed by atoms with van der Waals surface area (Å²) in [6.45, 7) is 1.16. The van der Waals surface area contributed by atoms with Crippen molar-refractivity contribution in [2.75, 3.05) is 20.2 Å². The Morgan fingerprint density at radius 2 is 1.94 bits per heavy atom. The van der Waals surface area contributed by atoms with Crippen LogP contribution in [0.3, 0.4) is 0 Å². The summed E-state index contributed by atoms with van der Waals surface area (Å²) in [6.07, 6.45) is 3.99. The zero-order chi connectivity index (χ0) is 23.1. The van der Waals surface area contributed by atoms with Crippen molar-refractivity contribution in [2.24, 2.45) is 5.92 Å². The summed E-state index contributed by atoms with van der Waals surface area (Å²) >= 11 is 0. The Balaban J connectivity index is 1.40. The number of ether oxygens (including phenoxy) is 1. The van der Waals surface area contributed by atoms with Crippen molar-refractivity contribution in [3.63, 3.8) is 0 Å². The molecular formula is C21H30BN3O7. The summed E-state index contributed by atoms with van der Waals surface area (Å²) in [4.78, 5) is 34.9. The van der Waals surface area contributed by atoms with Gasteiger partial charge in [-0.05, 0) is 49.7 Å². The SMILES string of the molecule is COC(=O)NCCNC1CCC(CC(=O)NC2Cc3cccc(C(=O)O)c3OB2O)CC1. The van der Waals surface area contributed by atoms with E-state index in [1.165, 1.54) is 13.2 Å². The molecule has 1 saturated carbocycles. The molecule has 3 rings (SSSR count). The van der Waals surface area contributed by atoms with Gasteiger partial charge in [0, 0.05) is 25.6 Å². The first kappa shape index (κ1) is 23.9. The molecule has 0 bridgehead atoms. The fourth-order valence-corrected chi connectivity index (χ4v) is 4.33. The molecule has 1 aromatic rings. The van der Waals surface area contributed by atoms with E-state index in [0.717, 1.165) is 25.7 Å². The molecule has 32 heavy (non-hydrogen) atoms. The lowest BCUT2D eigenvalue weighted by Gasteiger charge is -2.31. The molecule has 0 saturated heterocycles. The average molecular weight is 447 g/mol. The molecule has 1 aliphatic heterocycles. The van der Waals surface area contributed by atoms with Crippen molar-refractivity contribution < 1.29 is 33.9 Å². The second-order valence-corrected chi connectivity index (χ2v) is 8.28. The van der Waals surface area contributed by atoms with Crippen LogP contribution in [0.15, 0.2) is 18.2 Å². The third-order valence-electron chi connectivity index (χ3n) is 6.03. The minimum atomic E-state index is -1.30. The second-order valence-electron chi connectivity index (χ2n) is 8.28. The molecule has 0 radical (unpaired) electrons. The standard InChI is InChI=1S/C21H30BN3O7/c1-31-21(29)24-10-9-23-15-7-5-13(6-8-15)11-18(26)25-17-12-14-3-2-4-16(20(27)28)19(14)32-22(17)30/h2-4,13,15,17,23,30H,5-12H2,1H3,(H,24,29)(H,25,26)(H,27,28). The molecule has 5 N–H and O–H groups in total. The number of carboxylic acid groups (broad SMARTS) is 1. The number of hydrogen-bond acceptors (Lipinski definition) is 7. The predicted molar refractivity (Wildman–Crippen MR) is 116 cm³/mol. The maximum atomic E-state index is 12.6. The molecule has 1 heterocycles. The van der Waals surface area contributed by atoms with Gasteiger partial charge in [-0.3, -0.25) is 4.79 Å². The zero-order valence-electron chi connectivity index (χ0n) is 18.1. The van der Waals surface area contributed by atoms with Gasteiger partial charge in [0.2, 0.25) is 5.91 Å². The van der Waals surface area contributed by atoms with E-state index in [1.807, 2.05) is 0 Å². The van der Waals surface area contributed by atoms with Gasteiger partial charge in [0.15, 0.2) is 0 Å². The van der Waals surface area contributed by atoms with Crippen LogP contribution in [0.4, 0.5) is 4.79 Å². The Kier molecular flexibility index (Phi) is 8.35. The summed E-state index contributed by atoms with van der Waals surface area (Å²) in [5, 5.41) is 28.4. The van der Waals surface area contributed by atoms with Crippen LogP contribution >= 0.6 is 0 Å². The van der Waals surface area contributed by atoms with E-state index < -0.39 is 25.1 Å². The summed E-state index contributed by atoms with van der Waals surface area (Å²) in [7, 11) is 0.0292. The first-order valence-electron chi connectivity index (χ1n) is 10.9. The third-order valence-corrected chi connectivity index (χ3v) is 6.03. The second kappa shape index (κ2) is 11.2. The van der Waals surface area contributed by atoms with Gasteiger partial charge in [0.25, 0.3) is 0 Å². The monoisotopic (exact) mass is 447 g/mol. The highest BCUT2D eigenvalue weighted by Crippen LogP contribution is 2.31. The highest BCUT2D eigenvalue weighted by Gasteiger charge is 2.38. The maximum Gasteiger partial charge on any atom is 0.547 e. The topological polar surface area (TPSA) is 146 Å². The van der Waals surface area contributed by atoms with E-state index in [-0.39, 0.29) is 23.1 Å². The quantitative estimate of drug-likeness (QED) is 0.290. The maximum absolute atomic E-state index is 12.6. The Labute approximate surface area is 187 Å². The zero-order valence-corrected chi connectivity index (χ0v) is 18.1. The molecule has 2 amide bonds. The average Bonchev–Trinajstić information content (AvgIpc) is 2.77. The van der Waals surface area contributed by atoms with Gasteiger partial charge in [0.05, 0.1) is 18.6 Å². The lowest BCUT2D eigenvalue weighted by Crippen LogP contribution is -2.53.